The second-order valence-corrected chi connectivity index (χ2v) is 4.92. The first-order valence-corrected chi connectivity index (χ1v) is 6.27. The second-order valence-electron chi connectivity index (χ2n) is 3.67. The van der Waals surface area contributed by atoms with E-state index in [9.17, 15) is 5.11 Å². The molecule has 1 N–H and O–H groups in total. The zero-order valence-corrected chi connectivity index (χ0v) is 11.5. The summed E-state index contributed by atoms with van der Waals surface area (Å²) in [7, 11) is 1.61. The number of aliphatic hydroxyl groups is 1. The van der Waals surface area contributed by atoms with E-state index < -0.39 is 6.10 Å². The molecule has 2 aromatic rings. The van der Waals surface area contributed by atoms with Crippen LogP contribution in [0, 0.1) is 3.57 Å². The summed E-state index contributed by atoms with van der Waals surface area (Å²) >= 11 is 2.19. The van der Waals surface area contributed by atoms with Gasteiger partial charge in [-0.1, -0.05) is 12.1 Å². The molecule has 1 heterocycles. The quantitative estimate of drug-likeness (QED) is 0.866. The number of hydrogen-bond donors (Lipinski definition) is 1. The predicted molar refractivity (Wildman–Crippen MR) is 72.9 cm³/mol. The molecule has 0 fully saturated rings. The fourth-order valence-electron chi connectivity index (χ4n) is 1.57. The van der Waals surface area contributed by atoms with Crippen LogP contribution in [0.1, 0.15) is 11.7 Å². The van der Waals surface area contributed by atoms with Crippen molar-refractivity contribution in [2.24, 2.45) is 0 Å². The number of ether oxygens (including phenoxy) is 1. The number of methoxy groups -OCH3 is 1. The summed E-state index contributed by atoms with van der Waals surface area (Å²) in [5.41, 5.74) is 0.829. The molecule has 0 unspecified atom stereocenters. The smallest absolute Gasteiger partial charge is 0.119 e. The summed E-state index contributed by atoms with van der Waals surface area (Å²) in [5.74, 6) is 0.747. The molecule has 4 nitrogen and oxygen atoms in total. The molecule has 1 aromatic carbocycles. The van der Waals surface area contributed by atoms with E-state index in [1.54, 1.807) is 18.0 Å². The van der Waals surface area contributed by atoms with Crippen molar-refractivity contribution in [3.05, 3.63) is 45.8 Å². The number of benzene rings is 1. The molecule has 2 rings (SSSR count). The first-order valence-electron chi connectivity index (χ1n) is 5.19. The van der Waals surface area contributed by atoms with Crippen LogP contribution in [0.15, 0.2) is 36.7 Å². The molecular formula is C12H13IN2O2. The normalized spacial score (nSPS) is 12.4. The highest BCUT2D eigenvalue weighted by atomic mass is 127. The third-order valence-corrected chi connectivity index (χ3v) is 3.00. The van der Waals surface area contributed by atoms with E-state index in [0.717, 1.165) is 14.9 Å². The second kappa shape index (κ2) is 5.50. The van der Waals surface area contributed by atoms with Crippen LogP contribution >= 0.6 is 22.6 Å². The van der Waals surface area contributed by atoms with Crippen molar-refractivity contribution >= 4 is 22.6 Å². The molecule has 0 saturated heterocycles. The van der Waals surface area contributed by atoms with E-state index in [0.29, 0.717) is 6.54 Å². The molecule has 0 bridgehead atoms. The Balaban J connectivity index is 2.11. The zero-order chi connectivity index (χ0) is 12.3. The van der Waals surface area contributed by atoms with Gasteiger partial charge in [0.15, 0.2) is 0 Å². The van der Waals surface area contributed by atoms with Crippen LogP contribution in [-0.2, 0) is 6.54 Å². The summed E-state index contributed by atoms with van der Waals surface area (Å²) in [6, 6.07) is 7.43. The van der Waals surface area contributed by atoms with E-state index >= 15 is 0 Å². The number of aliphatic hydroxyl groups excluding tert-OH is 1. The fraction of sp³-hybridized carbons (Fsp3) is 0.250. The average molecular weight is 344 g/mol. The van der Waals surface area contributed by atoms with Crippen molar-refractivity contribution < 1.29 is 9.84 Å². The van der Waals surface area contributed by atoms with Crippen molar-refractivity contribution in [2.45, 2.75) is 12.6 Å². The predicted octanol–water partition coefficient (Wildman–Crippen LogP) is 2.23. The van der Waals surface area contributed by atoms with Gasteiger partial charge in [0.25, 0.3) is 0 Å². The summed E-state index contributed by atoms with van der Waals surface area (Å²) < 4.78 is 7.91. The Morgan fingerprint density at radius 1 is 1.53 bits per heavy atom. The molecule has 0 amide bonds. The highest BCUT2D eigenvalue weighted by Gasteiger charge is 2.09. The number of hydrogen-bond acceptors (Lipinski definition) is 3. The number of nitrogens with zero attached hydrogens (tertiary/aromatic N) is 2. The Bertz CT molecular complexity index is 499. The topological polar surface area (TPSA) is 47.3 Å². The van der Waals surface area contributed by atoms with Gasteiger partial charge in [0.05, 0.1) is 29.5 Å². The Kier molecular flexibility index (Phi) is 4.01. The minimum atomic E-state index is -0.583. The highest BCUT2D eigenvalue weighted by molar-refractivity contribution is 14.1. The van der Waals surface area contributed by atoms with E-state index in [4.69, 9.17) is 4.74 Å². The Morgan fingerprint density at radius 2 is 2.35 bits per heavy atom. The maximum absolute atomic E-state index is 10.1. The Morgan fingerprint density at radius 3 is 3.00 bits per heavy atom. The number of rotatable bonds is 4. The number of aromatic nitrogens is 2. The Labute approximate surface area is 113 Å². The molecular weight excluding hydrogens is 331 g/mol. The minimum absolute atomic E-state index is 0.441. The van der Waals surface area contributed by atoms with Gasteiger partial charge < -0.3 is 9.84 Å². The summed E-state index contributed by atoms with van der Waals surface area (Å²) in [4.78, 5) is 0. The van der Waals surface area contributed by atoms with Crippen LogP contribution in [0.2, 0.25) is 0 Å². The van der Waals surface area contributed by atoms with Crippen LogP contribution < -0.4 is 4.74 Å². The zero-order valence-electron chi connectivity index (χ0n) is 9.38. The molecule has 0 aliphatic rings. The Hall–Kier alpha value is -1.08. The largest absolute Gasteiger partial charge is 0.497 e. The van der Waals surface area contributed by atoms with E-state index in [1.807, 2.05) is 30.5 Å². The van der Waals surface area contributed by atoms with Gasteiger partial charge in [-0.2, -0.15) is 5.10 Å². The third kappa shape index (κ3) is 3.19. The first-order chi connectivity index (χ1) is 8.19. The monoisotopic (exact) mass is 344 g/mol. The SMILES string of the molecule is COc1cccc([C@H](O)Cn2cc(I)cn2)c1. The van der Waals surface area contributed by atoms with Gasteiger partial charge in [0.2, 0.25) is 0 Å². The highest BCUT2D eigenvalue weighted by Crippen LogP contribution is 2.20. The first kappa shape index (κ1) is 12.4. The van der Waals surface area contributed by atoms with Crippen LogP contribution in [-0.4, -0.2) is 22.0 Å². The maximum Gasteiger partial charge on any atom is 0.119 e. The van der Waals surface area contributed by atoms with E-state index in [-0.39, 0.29) is 0 Å². The van der Waals surface area contributed by atoms with Gasteiger partial charge in [0.1, 0.15) is 5.75 Å². The third-order valence-electron chi connectivity index (χ3n) is 2.44. The van der Waals surface area contributed by atoms with Gasteiger partial charge in [-0.15, -0.1) is 0 Å². The van der Waals surface area contributed by atoms with Gasteiger partial charge in [-0.3, -0.25) is 4.68 Å². The minimum Gasteiger partial charge on any atom is -0.497 e. The van der Waals surface area contributed by atoms with Crippen molar-refractivity contribution in [2.75, 3.05) is 7.11 Å². The van der Waals surface area contributed by atoms with E-state index in [2.05, 4.69) is 27.7 Å². The molecule has 90 valence electrons. The summed E-state index contributed by atoms with van der Waals surface area (Å²) in [5, 5.41) is 14.2. The molecule has 0 aliphatic heterocycles. The van der Waals surface area contributed by atoms with Gasteiger partial charge in [-0.25, -0.2) is 0 Å². The lowest BCUT2D eigenvalue weighted by Crippen LogP contribution is -2.09. The van der Waals surface area contributed by atoms with Crippen LogP contribution in [0.4, 0.5) is 0 Å². The van der Waals surface area contributed by atoms with Gasteiger partial charge >= 0.3 is 0 Å². The molecule has 0 spiro atoms. The van der Waals surface area contributed by atoms with Gasteiger partial charge in [0, 0.05) is 6.20 Å². The summed E-state index contributed by atoms with van der Waals surface area (Å²) in [6.45, 7) is 0.441. The molecule has 1 atom stereocenters. The van der Waals surface area contributed by atoms with Crippen LogP contribution in [0.25, 0.3) is 0 Å². The maximum atomic E-state index is 10.1. The molecule has 0 radical (unpaired) electrons. The lowest BCUT2D eigenvalue weighted by atomic mass is 10.1. The molecule has 0 aliphatic carbocycles. The van der Waals surface area contributed by atoms with Crippen molar-refractivity contribution in [3.63, 3.8) is 0 Å². The van der Waals surface area contributed by atoms with Crippen molar-refractivity contribution in [1.29, 1.82) is 0 Å². The molecule has 0 saturated carbocycles. The van der Waals surface area contributed by atoms with Crippen LogP contribution in [0.5, 0.6) is 5.75 Å². The van der Waals surface area contributed by atoms with Gasteiger partial charge in [-0.05, 0) is 40.3 Å². The molecule has 17 heavy (non-hydrogen) atoms. The number of halogens is 1. The van der Waals surface area contributed by atoms with Crippen LogP contribution in [0.3, 0.4) is 0 Å². The fourth-order valence-corrected chi connectivity index (χ4v) is 2.02. The lowest BCUT2D eigenvalue weighted by Gasteiger charge is -2.12. The summed E-state index contributed by atoms with van der Waals surface area (Å²) in [6.07, 6.45) is 3.07. The standard InChI is InChI=1S/C12H13IN2O2/c1-17-11-4-2-3-9(5-11)12(16)8-15-7-10(13)6-14-15/h2-7,12,16H,8H2,1H3/t12-/m1/s1. The average Bonchev–Trinajstić information content (AvgIpc) is 2.75. The molecule has 5 heteroatoms. The lowest BCUT2D eigenvalue weighted by molar-refractivity contribution is 0.151. The van der Waals surface area contributed by atoms with Crippen molar-refractivity contribution in [3.8, 4) is 5.75 Å². The molecule has 1 aromatic heterocycles. The van der Waals surface area contributed by atoms with E-state index in [1.165, 1.54) is 0 Å². The van der Waals surface area contributed by atoms with Crippen molar-refractivity contribution in [1.82, 2.24) is 9.78 Å².